The number of carbonyl (C=O) groups is 1. The van der Waals surface area contributed by atoms with Gasteiger partial charge in [0.15, 0.2) is 5.78 Å². The first-order valence-electron chi connectivity index (χ1n) is 6.28. The van der Waals surface area contributed by atoms with Crippen molar-refractivity contribution in [2.24, 2.45) is 0 Å². The van der Waals surface area contributed by atoms with Gasteiger partial charge in [0.1, 0.15) is 6.61 Å². The highest BCUT2D eigenvalue weighted by atomic mass is 16.5. The number of aromatic nitrogens is 1. The maximum Gasteiger partial charge on any atom is 0.178 e. The molecule has 0 saturated carbocycles. The maximum atomic E-state index is 11.9. The Balaban J connectivity index is 2.22. The van der Waals surface area contributed by atoms with Gasteiger partial charge in [0, 0.05) is 28.9 Å². The van der Waals surface area contributed by atoms with Gasteiger partial charge in [-0.05, 0) is 12.1 Å². The summed E-state index contributed by atoms with van der Waals surface area (Å²) in [6.07, 6.45) is 0. The Kier molecular flexibility index (Phi) is 3.05. The van der Waals surface area contributed by atoms with Gasteiger partial charge in [-0.1, -0.05) is 36.4 Å². The second-order valence-electron chi connectivity index (χ2n) is 4.59. The SMILES string of the molecule is COCC(=O)Cn1c2ccccc2c2ccccc21. The van der Waals surface area contributed by atoms with Gasteiger partial charge in [-0.25, -0.2) is 0 Å². The molecule has 0 aliphatic heterocycles. The van der Waals surface area contributed by atoms with Crippen molar-refractivity contribution in [2.75, 3.05) is 13.7 Å². The Morgan fingerprint density at radius 2 is 1.53 bits per heavy atom. The van der Waals surface area contributed by atoms with E-state index in [2.05, 4.69) is 28.8 Å². The number of hydrogen-bond acceptors (Lipinski definition) is 2. The van der Waals surface area contributed by atoms with Crippen molar-refractivity contribution in [3.8, 4) is 0 Å². The highest BCUT2D eigenvalue weighted by Gasteiger charge is 2.11. The van der Waals surface area contributed by atoms with Crippen LogP contribution in [0, 0.1) is 0 Å². The van der Waals surface area contributed by atoms with Crippen LogP contribution in [0.25, 0.3) is 21.8 Å². The number of para-hydroxylation sites is 2. The van der Waals surface area contributed by atoms with Gasteiger partial charge in [-0.2, -0.15) is 0 Å². The van der Waals surface area contributed by atoms with Crippen molar-refractivity contribution in [2.45, 2.75) is 6.54 Å². The Morgan fingerprint density at radius 3 is 2.05 bits per heavy atom. The Bertz CT molecular complexity index is 689. The zero-order valence-corrected chi connectivity index (χ0v) is 10.8. The lowest BCUT2D eigenvalue weighted by Crippen LogP contribution is -2.14. The molecule has 3 aromatic rings. The van der Waals surface area contributed by atoms with Gasteiger partial charge in [-0.3, -0.25) is 4.79 Å². The average Bonchev–Trinajstić information content (AvgIpc) is 2.75. The molecule has 0 fully saturated rings. The van der Waals surface area contributed by atoms with Crippen molar-refractivity contribution in [3.63, 3.8) is 0 Å². The Labute approximate surface area is 111 Å². The summed E-state index contributed by atoms with van der Waals surface area (Å²) in [7, 11) is 1.55. The van der Waals surface area contributed by atoms with Crippen LogP contribution in [0.3, 0.4) is 0 Å². The first kappa shape index (κ1) is 11.9. The summed E-state index contributed by atoms with van der Waals surface area (Å²) in [5, 5.41) is 2.37. The monoisotopic (exact) mass is 253 g/mol. The number of carbonyl (C=O) groups excluding carboxylic acids is 1. The smallest absolute Gasteiger partial charge is 0.178 e. The zero-order valence-electron chi connectivity index (χ0n) is 10.8. The van der Waals surface area contributed by atoms with E-state index in [1.54, 1.807) is 7.11 Å². The number of rotatable bonds is 4. The number of ketones is 1. The fourth-order valence-corrected chi connectivity index (χ4v) is 2.56. The summed E-state index contributed by atoms with van der Waals surface area (Å²) < 4.78 is 6.98. The number of nitrogens with zero attached hydrogens (tertiary/aromatic N) is 1. The largest absolute Gasteiger partial charge is 0.377 e. The van der Waals surface area contributed by atoms with Crippen LogP contribution in [0.4, 0.5) is 0 Å². The highest BCUT2D eigenvalue weighted by molar-refractivity contribution is 6.08. The maximum absolute atomic E-state index is 11.9. The molecular formula is C16H15NO2. The van der Waals surface area contributed by atoms with Crippen molar-refractivity contribution in [3.05, 3.63) is 48.5 Å². The van der Waals surface area contributed by atoms with E-state index < -0.39 is 0 Å². The number of ether oxygens (including phenoxy) is 1. The Morgan fingerprint density at radius 1 is 1.00 bits per heavy atom. The minimum absolute atomic E-state index is 0.0778. The third kappa shape index (κ3) is 2.02. The van der Waals surface area contributed by atoms with E-state index >= 15 is 0 Å². The van der Waals surface area contributed by atoms with E-state index in [1.807, 2.05) is 24.3 Å². The molecule has 0 aliphatic rings. The van der Waals surface area contributed by atoms with Crippen molar-refractivity contribution in [1.82, 2.24) is 4.57 Å². The molecule has 0 radical (unpaired) electrons. The third-order valence-corrected chi connectivity index (χ3v) is 3.32. The summed E-state index contributed by atoms with van der Waals surface area (Å²) in [5.74, 6) is 0.0778. The summed E-state index contributed by atoms with van der Waals surface area (Å²) in [6.45, 7) is 0.503. The lowest BCUT2D eigenvalue weighted by Gasteiger charge is -2.06. The number of benzene rings is 2. The van der Waals surface area contributed by atoms with E-state index in [4.69, 9.17) is 4.74 Å². The van der Waals surface area contributed by atoms with Gasteiger partial charge < -0.3 is 9.30 Å². The van der Waals surface area contributed by atoms with Crippen LogP contribution >= 0.6 is 0 Å². The molecule has 0 N–H and O–H groups in total. The molecule has 0 spiro atoms. The first-order valence-corrected chi connectivity index (χ1v) is 6.28. The van der Waals surface area contributed by atoms with Gasteiger partial charge >= 0.3 is 0 Å². The number of hydrogen-bond donors (Lipinski definition) is 0. The van der Waals surface area contributed by atoms with Crippen LogP contribution in [-0.2, 0) is 16.1 Å². The predicted octanol–water partition coefficient (Wildman–Crippen LogP) is 3.01. The highest BCUT2D eigenvalue weighted by Crippen LogP contribution is 2.28. The molecule has 19 heavy (non-hydrogen) atoms. The van der Waals surface area contributed by atoms with E-state index in [9.17, 15) is 4.79 Å². The minimum atomic E-state index is 0.0778. The van der Waals surface area contributed by atoms with Crippen molar-refractivity contribution >= 4 is 27.6 Å². The minimum Gasteiger partial charge on any atom is -0.377 e. The van der Waals surface area contributed by atoms with E-state index in [0.29, 0.717) is 6.54 Å². The molecule has 1 heterocycles. The van der Waals surface area contributed by atoms with Gasteiger partial charge in [0.25, 0.3) is 0 Å². The molecule has 2 aromatic carbocycles. The molecule has 0 bridgehead atoms. The molecule has 96 valence electrons. The normalized spacial score (nSPS) is 11.2. The Hall–Kier alpha value is -2.13. The summed E-state index contributed by atoms with van der Waals surface area (Å²) in [4.78, 5) is 11.9. The molecule has 0 aliphatic carbocycles. The number of methoxy groups -OCH3 is 1. The quantitative estimate of drug-likeness (QED) is 0.715. The third-order valence-electron chi connectivity index (χ3n) is 3.32. The van der Waals surface area contributed by atoms with Crippen LogP contribution in [0.2, 0.25) is 0 Å². The molecule has 0 amide bonds. The number of fused-ring (bicyclic) bond motifs is 3. The van der Waals surface area contributed by atoms with Crippen molar-refractivity contribution < 1.29 is 9.53 Å². The second kappa shape index (κ2) is 4.86. The standard InChI is InChI=1S/C16H15NO2/c1-19-11-12(18)10-17-15-8-4-2-6-13(15)14-7-3-5-9-16(14)17/h2-9H,10-11H2,1H3. The lowest BCUT2D eigenvalue weighted by atomic mass is 10.2. The van der Waals surface area contributed by atoms with Crippen LogP contribution in [0.5, 0.6) is 0 Å². The van der Waals surface area contributed by atoms with E-state index in [0.717, 1.165) is 11.0 Å². The van der Waals surface area contributed by atoms with Gasteiger partial charge in [0.05, 0.1) is 6.54 Å². The first-order chi connectivity index (χ1) is 9.31. The fourth-order valence-electron chi connectivity index (χ4n) is 2.56. The van der Waals surface area contributed by atoms with Crippen LogP contribution in [0.1, 0.15) is 0 Å². The molecule has 0 unspecified atom stereocenters. The fraction of sp³-hybridized carbons (Fsp3) is 0.188. The molecule has 3 heteroatoms. The van der Waals surface area contributed by atoms with Crippen molar-refractivity contribution in [1.29, 1.82) is 0 Å². The van der Waals surface area contributed by atoms with Crippen LogP contribution in [-0.4, -0.2) is 24.1 Å². The topological polar surface area (TPSA) is 31.2 Å². The van der Waals surface area contributed by atoms with E-state index in [-0.39, 0.29) is 12.4 Å². The summed E-state index contributed by atoms with van der Waals surface area (Å²) in [6, 6.07) is 16.3. The van der Waals surface area contributed by atoms with Gasteiger partial charge in [-0.15, -0.1) is 0 Å². The molecule has 0 saturated heterocycles. The second-order valence-corrected chi connectivity index (χ2v) is 4.59. The summed E-state index contributed by atoms with van der Waals surface area (Å²) >= 11 is 0. The molecule has 1 aromatic heterocycles. The van der Waals surface area contributed by atoms with Gasteiger partial charge in [0.2, 0.25) is 0 Å². The molecule has 3 rings (SSSR count). The average molecular weight is 253 g/mol. The van der Waals surface area contributed by atoms with Crippen LogP contribution in [0.15, 0.2) is 48.5 Å². The zero-order chi connectivity index (χ0) is 13.2. The van der Waals surface area contributed by atoms with Crippen LogP contribution < -0.4 is 0 Å². The molecule has 3 nitrogen and oxygen atoms in total. The van der Waals surface area contributed by atoms with E-state index in [1.165, 1.54) is 10.8 Å². The lowest BCUT2D eigenvalue weighted by molar-refractivity contribution is -0.123. The molecular weight excluding hydrogens is 238 g/mol. The number of Topliss-reactive ketones (excluding diaryl/α,β-unsaturated/α-hetero) is 1. The predicted molar refractivity (Wildman–Crippen MR) is 76.3 cm³/mol. The molecule has 0 atom stereocenters. The summed E-state index contributed by atoms with van der Waals surface area (Å²) in [5.41, 5.74) is 2.18.